The Hall–Kier alpha value is -2.10. The van der Waals surface area contributed by atoms with Gasteiger partial charge >= 0.3 is 13.8 Å². The van der Waals surface area contributed by atoms with E-state index >= 15 is 0 Å². The van der Waals surface area contributed by atoms with Crippen LogP contribution < -0.4 is 0 Å². The van der Waals surface area contributed by atoms with E-state index in [4.69, 9.17) is 23.6 Å². The summed E-state index contributed by atoms with van der Waals surface area (Å²) >= 11 is 0. The highest BCUT2D eigenvalue weighted by Gasteiger charge is 2.26. The number of phosphoric ester groups is 1. The van der Waals surface area contributed by atoms with E-state index in [0.717, 1.165) is 96.3 Å². The van der Waals surface area contributed by atoms with Gasteiger partial charge in [0.2, 0.25) is 0 Å². The summed E-state index contributed by atoms with van der Waals surface area (Å²) in [5.74, 6) is -0.403. The van der Waals surface area contributed by atoms with Crippen LogP contribution in [0.5, 0.6) is 0 Å². The Kier molecular flexibility index (Phi) is 40.9. The third kappa shape index (κ3) is 41.5. The van der Waals surface area contributed by atoms with E-state index in [1.807, 2.05) is 0 Å². The topological polar surface area (TPSA) is 132 Å². The molecular weight excluding hydrogens is 727 g/mol. The predicted molar refractivity (Wildman–Crippen MR) is 233 cm³/mol. The van der Waals surface area contributed by atoms with Crippen molar-refractivity contribution >= 4 is 13.8 Å². The molecule has 9 nitrogen and oxygen atoms in total. The summed E-state index contributed by atoms with van der Waals surface area (Å²) in [5, 5.41) is 18.3. The minimum absolute atomic E-state index is 0.0252. The first kappa shape index (κ1) is 53.9. The van der Waals surface area contributed by atoms with Gasteiger partial charge in [-0.15, -0.1) is 0 Å². The normalized spacial score (nSPS) is 14.7. The van der Waals surface area contributed by atoms with Crippen LogP contribution in [0.25, 0.3) is 0 Å². The van der Waals surface area contributed by atoms with Gasteiger partial charge in [-0.25, -0.2) is 4.57 Å². The Morgan fingerprint density at radius 1 is 0.571 bits per heavy atom. The van der Waals surface area contributed by atoms with Crippen molar-refractivity contribution < 1.29 is 43.0 Å². The minimum Gasteiger partial charge on any atom is -0.457 e. The van der Waals surface area contributed by atoms with E-state index < -0.39 is 45.8 Å². The van der Waals surface area contributed by atoms with Crippen LogP contribution in [0, 0.1) is 0 Å². The number of aliphatic hydroxyl groups is 2. The SMILES string of the molecule is CC/C=C\C/C=C\C/C=C\C/C=C\C/C=C\CCCCCCOCC(COP(=O)(O)OCC(O)CO)OC(=O)CCCCCCC/C=C\CCCCCCCC. The molecule has 3 N–H and O–H groups in total. The van der Waals surface area contributed by atoms with Crippen molar-refractivity contribution in [3.8, 4) is 0 Å². The third-order valence-corrected chi connectivity index (χ3v) is 9.83. The number of esters is 1. The summed E-state index contributed by atoms with van der Waals surface area (Å²) in [4.78, 5) is 22.6. The highest BCUT2D eigenvalue weighted by molar-refractivity contribution is 7.47. The van der Waals surface area contributed by atoms with Gasteiger partial charge in [-0.2, -0.15) is 0 Å². The number of unbranched alkanes of at least 4 members (excludes halogenated alkanes) is 15. The van der Waals surface area contributed by atoms with Crippen LogP contribution in [0.4, 0.5) is 0 Å². The molecule has 3 atom stereocenters. The van der Waals surface area contributed by atoms with Gasteiger partial charge < -0.3 is 24.6 Å². The van der Waals surface area contributed by atoms with Crippen molar-refractivity contribution in [3.05, 3.63) is 72.9 Å². The van der Waals surface area contributed by atoms with Crippen LogP contribution in [0.1, 0.15) is 168 Å². The molecule has 0 spiro atoms. The quantitative estimate of drug-likeness (QED) is 0.0239. The maximum atomic E-state index is 12.6. The molecule has 0 aliphatic rings. The first-order chi connectivity index (χ1) is 27.3. The fourth-order valence-corrected chi connectivity index (χ4v) is 6.34. The lowest BCUT2D eigenvalue weighted by Crippen LogP contribution is -2.29. The highest BCUT2D eigenvalue weighted by atomic mass is 31.2. The summed E-state index contributed by atoms with van der Waals surface area (Å²) in [5.41, 5.74) is 0. The molecule has 324 valence electrons. The molecule has 0 saturated heterocycles. The van der Waals surface area contributed by atoms with Crippen molar-refractivity contribution in [3.63, 3.8) is 0 Å². The number of ether oxygens (including phenoxy) is 2. The molecule has 0 amide bonds. The second kappa shape index (κ2) is 42.5. The Morgan fingerprint density at radius 2 is 1.02 bits per heavy atom. The van der Waals surface area contributed by atoms with Gasteiger partial charge in [0.05, 0.1) is 26.4 Å². The van der Waals surface area contributed by atoms with Gasteiger partial charge in [0.15, 0.2) is 0 Å². The molecule has 0 aliphatic carbocycles. The highest BCUT2D eigenvalue weighted by Crippen LogP contribution is 2.43. The molecule has 0 aromatic rings. The van der Waals surface area contributed by atoms with Crippen LogP contribution >= 0.6 is 7.82 Å². The van der Waals surface area contributed by atoms with Crippen molar-refractivity contribution in [1.29, 1.82) is 0 Å². The molecule has 0 fully saturated rings. The van der Waals surface area contributed by atoms with Gasteiger partial charge in [0, 0.05) is 13.0 Å². The van der Waals surface area contributed by atoms with Crippen molar-refractivity contribution in [2.24, 2.45) is 0 Å². The summed E-state index contributed by atoms with van der Waals surface area (Å²) < 4.78 is 33.3. The largest absolute Gasteiger partial charge is 0.472 e. The van der Waals surface area contributed by atoms with E-state index in [1.165, 1.54) is 44.9 Å². The number of hydrogen-bond acceptors (Lipinski definition) is 8. The summed E-state index contributed by atoms with van der Waals surface area (Å²) in [7, 11) is -4.53. The predicted octanol–water partition coefficient (Wildman–Crippen LogP) is 12.1. The third-order valence-electron chi connectivity index (χ3n) is 8.88. The van der Waals surface area contributed by atoms with E-state index in [-0.39, 0.29) is 13.0 Å². The molecule has 0 saturated carbocycles. The van der Waals surface area contributed by atoms with Crippen LogP contribution in [-0.4, -0.2) is 66.3 Å². The molecule has 0 aromatic heterocycles. The number of aliphatic hydroxyl groups excluding tert-OH is 2. The second-order valence-electron chi connectivity index (χ2n) is 14.3. The second-order valence-corrected chi connectivity index (χ2v) is 15.8. The fraction of sp³-hybridized carbons (Fsp3) is 0.717. The van der Waals surface area contributed by atoms with Crippen LogP contribution in [0.15, 0.2) is 72.9 Å². The molecule has 0 aliphatic heterocycles. The number of carbonyl (C=O) groups excluding carboxylic acids is 1. The average molecular weight is 809 g/mol. The fourth-order valence-electron chi connectivity index (χ4n) is 5.55. The Morgan fingerprint density at radius 3 is 1.55 bits per heavy atom. The lowest BCUT2D eigenvalue weighted by atomic mass is 10.1. The van der Waals surface area contributed by atoms with Gasteiger partial charge in [-0.05, 0) is 83.5 Å². The summed E-state index contributed by atoms with van der Waals surface area (Å²) in [6, 6.07) is 0. The summed E-state index contributed by atoms with van der Waals surface area (Å²) in [6.45, 7) is 3.31. The standard InChI is InChI=1S/C46H81O9P/c1-3-5-7-9-11-13-15-17-19-20-21-22-23-25-27-29-31-33-35-37-39-52-42-45(43-54-56(50,51)53-41-44(48)40-47)55-46(49)38-36-34-32-30-28-26-24-18-16-14-12-10-8-6-4-2/h5,7,11,13,17-19,21-22,24-25,27,44-45,47-48H,3-4,6,8-10,12,14-16,20,23,26,28-43H2,1-2H3,(H,50,51)/b7-5-,13-11-,19-17-,22-21-,24-18-,27-25-. The van der Waals surface area contributed by atoms with Crippen molar-refractivity contribution in [1.82, 2.24) is 0 Å². The molecule has 10 heteroatoms. The monoisotopic (exact) mass is 809 g/mol. The lowest BCUT2D eigenvalue weighted by Gasteiger charge is -2.20. The van der Waals surface area contributed by atoms with Crippen LogP contribution in [-0.2, 0) is 27.9 Å². The van der Waals surface area contributed by atoms with E-state index in [1.54, 1.807) is 0 Å². The number of carbonyl (C=O) groups is 1. The first-order valence-electron chi connectivity index (χ1n) is 21.9. The Labute approximate surface area is 342 Å². The number of allylic oxidation sites excluding steroid dienone is 12. The Bertz CT molecular complexity index is 1100. The zero-order chi connectivity index (χ0) is 41.1. The van der Waals surface area contributed by atoms with E-state index in [9.17, 15) is 19.4 Å². The van der Waals surface area contributed by atoms with Gasteiger partial charge in [-0.3, -0.25) is 13.8 Å². The molecule has 0 radical (unpaired) electrons. The van der Waals surface area contributed by atoms with Crippen LogP contribution in [0.3, 0.4) is 0 Å². The zero-order valence-electron chi connectivity index (χ0n) is 35.3. The number of rotatable bonds is 41. The minimum atomic E-state index is -4.53. The number of hydrogen-bond donors (Lipinski definition) is 3. The summed E-state index contributed by atoms with van der Waals surface area (Å²) in [6.07, 6.45) is 50.0. The molecular formula is C46H81O9P. The van der Waals surface area contributed by atoms with Gasteiger partial charge in [0.1, 0.15) is 12.2 Å². The Balaban J connectivity index is 4.25. The van der Waals surface area contributed by atoms with Crippen LogP contribution in [0.2, 0.25) is 0 Å². The van der Waals surface area contributed by atoms with Gasteiger partial charge in [0.25, 0.3) is 0 Å². The lowest BCUT2D eigenvalue weighted by molar-refractivity contribution is -0.154. The van der Waals surface area contributed by atoms with Crippen molar-refractivity contribution in [2.75, 3.05) is 33.0 Å². The smallest absolute Gasteiger partial charge is 0.457 e. The molecule has 3 unspecified atom stereocenters. The van der Waals surface area contributed by atoms with E-state index in [0.29, 0.717) is 13.0 Å². The molecule has 0 bridgehead atoms. The first-order valence-corrected chi connectivity index (χ1v) is 23.4. The maximum Gasteiger partial charge on any atom is 0.472 e. The molecule has 0 rings (SSSR count). The van der Waals surface area contributed by atoms with Crippen molar-refractivity contribution in [2.45, 2.75) is 180 Å². The van der Waals surface area contributed by atoms with E-state index in [2.05, 4.69) is 86.8 Å². The van der Waals surface area contributed by atoms with Gasteiger partial charge in [-0.1, -0.05) is 151 Å². The molecule has 0 aromatic carbocycles. The maximum absolute atomic E-state index is 12.6. The number of phosphoric acid groups is 1. The molecule has 56 heavy (non-hydrogen) atoms. The zero-order valence-corrected chi connectivity index (χ0v) is 36.2. The molecule has 0 heterocycles. The average Bonchev–Trinajstić information content (AvgIpc) is 3.19.